The maximum Gasteiger partial charge on any atom is 0.164 e. The Hall–Kier alpha value is -7.37. The Labute approximate surface area is 310 Å². The molecule has 0 bridgehead atoms. The summed E-state index contributed by atoms with van der Waals surface area (Å²) in [5.41, 5.74) is 9.96. The van der Waals surface area contributed by atoms with Gasteiger partial charge in [-0.1, -0.05) is 133 Å². The Kier molecular flexibility index (Phi) is 6.79. The lowest BCUT2D eigenvalue weighted by Crippen LogP contribution is -2.01. The van der Waals surface area contributed by atoms with Crippen molar-refractivity contribution >= 4 is 54.5 Å². The van der Waals surface area contributed by atoms with E-state index in [9.17, 15) is 0 Å². The van der Waals surface area contributed by atoms with E-state index >= 15 is 0 Å². The fourth-order valence-electron chi connectivity index (χ4n) is 7.79. The Bertz CT molecular complexity index is 3170. The molecule has 0 aliphatic heterocycles. The van der Waals surface area contributed by atoms with Gasteiger partial charge < -0.3 is 8.98 Å². The second-order valence-corrected chi connectivity index (χ2v) is 13.7. The van der Waals surface area contributed by atoms with Crippen molar-refractivity contribution in [3.8, 4) is 51.0 Å². The number of hydrogen-bond acceptors (Lipinski definition) is 4. The van der Waals surface area contributed by atoms with Crippen molar-refractivity contribution in [2.24, 2.45) is 0 Å². The molecule has 3 heterocycles. The number of benzene rings is 8. The molecule has 5 heteroatoms. The van der Waals surface area contributed by atoms with Gasteiger partial charge in [0.15, 0.2) is 17.5 Å². The van der Waals surface area contributed by atoms with Gasteiger partial charge in [-0.25, -0.2) is 15.0 Å². The summed E-state index contributed by atoms with van der Waals surface area (Å²) in [4.78, 5) is 15.3. The zero-order valence-electron chi connectivity index (χ0n) is 29.0. The molecule has 0 radical (unpaired) electrons. The summed E-state index contributed by atoms with van der Waals surface area (Å²) in [7, 11) is 0. The molecule has 252 valence electrons. The van der Waals surface area contributed by atoms with Crippen LogP contribution in [0.4, 0.5) is 0 Å². The molecule has 0 unspecified atom stereocenters. The molecule has 0 aliphatic carbocycles. The quantitative estimate of drug-likeness (QED) is 0.180. The average molecular weight is 691 g/mol. The third-order valence-corrected chi connectivity index (χ3v) is 10.4. The second-order valence-electron chi connectivity index (χ2n) is 13.7. The molecule has 0 atom stereocenters. The van der Waals surface area contributed by atoms with E-state index in [1.807, 2.05) is 24.3 Å². The minimum Gasteiger partial charge on any atom is -0.456 e. The van der Waals surface area contributed by atoms with Crippen LogP contribution in [0.2, 0.25) is 0 Å². The third-order valence-electron chi connectivity index (χ3n) is 10.4. The van der Waals surface area contributed by atoms with Gasteiger partial charge in [0.2, 0.25) is 0 Å². The zero-order valence-corrected chi connectivity index (χ0v) is 29.0. The maximum absolute atomic E-state index is 6.28. The van der Waals surface area contributed by atoms with E-state index in [2.05, 4.69) is 162 Å². The first-order chi connectivity index (χ1) is 26.7. The van der Waals surface area contributed by atoms with Crippen LogP contribution >= 0.6 is 0 Å². The molecule has 0 fully saturated rings. The van der Waals surface area contributed by atoms with Gasteiger partial charge in [0.1, 0.15) is 11.2 Å². The number of nitrogens with zero attached hydrogens (tertiary/aromatic N) is 4. The minimum absolute atomic E-state index is 0.582. The summed E-state index contributed by atoms with van der Waals surface area (Å²) in [6, 6.07) is 63.4. The van der Waals surface area contributed by atoms with Gasteiger partial charge in [-0.15, -0.1) is 0 Å². The Balaban J connectivity index is 1.06. The van der Waals surface area contributed by atoms with Crippen molar-refractivity contribution < 1.29 is 4.42 Å². The molecular weight excluding hydrogens is 661 g/mol. The van der Waals surface area contributed by atoms with Gasteiger partial charge >= 0.3 is 0 Å². The average Bonchev–Trinajstić information content (AvgIpc) is 3.79. The highest BCUT2D eigenvalue weighted by molar-refractivity contribution is 6.09. The van der Waals surface area contributed by atoms with Crippen LogP contribution in [0.15, 0.2) is 186 Å². The molecule has 0 saturated heterocycles. The van der Waals surface area contributed by atoms with Crippen molar-refractivity contribution in [3.63, 3.8) is 0 Å². The number of fused-ring (bicyclic) bond motifs is 7. The molecule has 0 N–H and O–H groups in total. The van der Waals surface area contributed by atoms with Crippen LogP contribution in [0, 0.1) is 0 Å². The molecule has 0 saturated carbocycles. The Morgan fingerprint density at radius 3 is 1.65 bits per heavy atom. The highest BCUT2D eigenvalue weighted by Gasteiger charge is 2.17. The van der Waals surface area contributed by atoms with E-state index in [4.69, 9.17) is 19.4 Å². The minimum atomic E-state index is 0.582. The highest BCUT2D eigenvalue weighted by atomic mass is 16.3. The van der Waals surface area contributed by atoms with E-state index in [0.29, 0.717) is 17.5 Å². The molecular formula is C49H30N4O. The summed E-state index contributed by atoms with van der Waals surface area (Å²) < 4.78 is 8.60. The predicted molar refractivity (Wildman–Crippen MR) is 221 cm³/mol. The topological polar surface area (TPSA) is 56.7 Å². The van der Waals surface area contributed by atoms with Crippen molar-refractivity contribution in [1.82, 2.24) is 19.5 Å². The molecule has 11 aromatic rings. The lowest BCUT2D eigenvalue weighted by molar-refractivity contribution is 0.669. The molecule has 5 nitrogen and oxygen atoms in total. The zero-order chi connectivity index (χ0) is 35.6. The van der Waals surface area contributed by atoms with E-state index in [1.165, 1.54) is 27.1 Å². The first kappa shape index (κ1) is 30.3. The molecule has 0 aliphatic rings. The Morgan fingerprint density at radius 1 is 0.333 bits per heavy atom. The fourth-order valence-corrected chi connectivity index (χ4v) is 7.79. The highest BCUT2D eigenvalue weighted by Crippen LogP contribution is 2.35. The number of rotatable bonds is 5. The van der Waals surface area contributed by atoms with Gasteiger partial charge in [-0.05, 0) is 70.4 Å². The second kappa shape index (κ2) is 12.1. The first-order valence-electron chi connectivity index (χ1n) is 18.1. The molecule has 54 heavy (non-hydrogen) atoms. The van der Waals surface area contributed by atoms with Crippen LogP contribution in [0.1, 0.15) is 0 Å². The van der Waals surface area contributed by atoms with Crippen LogP contribution < -0.4 is 0 Å². The predicted octanol–water partition coefficient (Wildman–Crippen LogP) is 12.7. The van der Waals surface area contributed by atoms with E-state index in [-0.39, 0.29) is 0 Å². The number of furan rings is 1. The van der Waals surface area contributed by atoms with E-state index in [0.717, 1.165) is 60.9 Å². The number of aromatic nitrogens is 4. The fraction of sp³-hybridized carbons (Fsp3) is 0. The first-order valence-corrected chi connectivity index (χ1v) is 18.1. The SMILES string of the molecule is c1cc(-c2nc(-c3ccc(-c4ccc5ccccc5c4)cc3)nc(-c3ccc4c(c3)oc3ccccc34)n2)cc(-n2c3ccccc3c3ccccc32)c1. The molecule has 0 amide bonds. The van der Waals surface area contributed by atoms with Crippen LogP contribution in [0.25, 0.3) is 105 Å². The van der Waals surface area contributed by atoms with Crippen molar-refractivity contribution in [1.29, 1.82) is 0 Å². The number of hydrogen-bond donors (Lipinski definition) is 0. The largest absolute Gasteiger partial charge is 0.456 e. The molecule has 0 spiro atoms. The monoisotopic (exact) mass is 690 g/mol. The summed E-state index contributed by atoms with van der Waals surface area (Å²) in [6.45, 7) is 0. The summed E-state index contributed by atoms with van der Waals surface area (Å²) >= 11 is 0. The van der Waals surface area contributed by atoms with Gasteiger partial charge in [0, 0.05) is 43.9 Å². The normalized spacial score (nSPS) is 11.7. The Morgan fingerprint density at radius 2 is 0.889 bits per heavy atom. The molecule has 8 aromatic carbocycles. The van der Waals surface area contributed by atoms with Crippen molar-refractivity contribution in [2.45, 2.75) is 0 Å². The summed E-state index contributed by atoms with van der Waals surface area (Å²) in [5.74, 6) is 1.78. The van der Waals surface area contributed by atoms with E-state index < -0.39 is 0 Å². The van der Waals surface area contributed by atoms with Crippen molar-refractivity contribution in [3.05, 3.63) is 182 Å². The van der Waals surface area contributed by atoms with Gasteiger partial charge in [-0.3, -0.25) is 0 Å². The van der Waals surface area contributed by atoms with Crippen LogP contribution in [-0.2, 0) is 0 Å². The summed E-state index contributed by atoms with van der Waals surface area (Å²) in [6.07, 6.45) is 0. The summed E-state index contributed by atoms with van der Waals surface area (Å²) in [5, 5.41) is 7.03. The lowest BCUT2D eigenvalue weighted by atomic mass is 10.00. The van der Waals surface area contributed by atoms with Crippen LogP contribution in [0.5, 0.6) is 0 Å². The van der Waals surface area contributed by atoms with Gasteiger partial charge in [-0.2, -0.15) is 0 Å². The van der Waals surface area contributed by atoms with Crippen molar-refractivity contribution in [2.75, 3.05) is 0 Å². The van der Waals surface area contributed by atoms with Gasteiger partial charge in [0.05, 0.1) is 11.0 Å². The lowest BCUT2D eigenvalue weighted by Gasteiger charge is -2.12. The van der Waals surface area contributed by atoms with Crippen LogP contribution in [-0.4, -0.2) is 19.5 Å². The maximum atomic E-state index is 6.28. The van der Waals surface area contributed by atoms with Crippen LogP contribution in [0.3, 0.4) is 0 Å². The third kappa shape index (κ3) is 4.98. The molecule has 11 rings (SSSR count). The molecule has 3 aromatic heterocycles. The number of para-hydroxylation sites is 3. The standard InChI is InChI=1S/C49H30N4O/c1-2-11-34-28-35(25-22-31(34)10-1)32-20-23-33(24-21-32)47-50-48(52-49(51-47)37-26-27-42-41-16-5-8-19-45(41)54-46(42)30-37)36-12-9-13-38(29-36)53-43-17-6-3-14-39(43)40-15-4-7-18-44(40)53/h1-30H. The van der Waals surface area contributed by atoms with E-state index in [1.54, 1.807) is 0 Å². The van der Waals surface area contributed by atoms with Gasteiger partial charge in [0.25, 0.3) is 0 Å². The smallest absolute Gasteiger partial charge is 0.164 e.